The maximum atomic E-state index is 13.1. The summed E-state index contributed by atoms with van der Waals surface area (Å²) in [5, 5.41) is 3.20. The molecule has 0 radical (unpaired) electrons. The highest BCUT2D eigenvalue weighted by atomic mass is 32.2. The van der Waals surface area contributed by atoms with Crippen LogP contribution in [-0.2, 0) is 16.4 Å². The van der Waals surface area contributed by atoms with E-state index in [-0.39, 0.29) is 11.4 Å². The Labute approximate surface area is 175 Å². The topological polar surface area (TPSA) is 58.6 Å². The van der Waals surface area contributed by atoms with Gasteiger partial charge in [0.15, 0.2) is 0 Å². The van der Waals surface area contributed by atoms with Crippen molar-refractivity contribution in [1.82, 2.24) is 5.32 Å². The number of nitrogens with one attached hydrogen (secondary N) is 1. The largest absolute Gasteiger partial charge is 0.573 e. The third-order valence-corrected chi connectivity index (χ3v) is 6.02. The zero-order valence-electron chi connectivity index (χ0n) is 16.7. The van der Waals surface area contributed by atoms with Crippen LogP contribution in [0.5, 0.6) is 5.75 Å². The van der Waals surface area contributed by atoms with E-state index in [0.29, 0.717) is 18.7 Å². The Morgan fingerprint density at radius 2 is 1.73 bits per heavy atom. The quantitative estimate of drug-likeness (QED) is 0.411. The zero-order valence-corrected chi connectivity index (χ0v) is 17.5. The summed E-state index contributed by atoms with van der Waals surface area (Å²) in [6.45, 7) is 7.22. The molecule has 0 aliphatic heterocycles. The molecule has 164 valence electrons. The molecule has 0 saturated carbocycles. The van der Waals surface area contributed by atoms with Gasteiger partial charge in [0.25, 0.3) is 10.0 Å². The number of sulfonamides is 1. The number of anilines is 1. The summed E-state index contributed by atoms with van der Waals surface area (Å²) >= 11 is 0. The van der Waals surface area contributed by atoms with Crippen molar-refractivity contribution in [2.45, 2.75) is 31.0 Å². The molecule has 2 aromatic rings. The Hall–Kier alpha value is -2.52. The van der Waals surface area contributed by atoms with E-state index in [1.165, 1.54) is 4.31 Å². The van der Waals surface area contributed by atoms with E-state index in [4.69, 9.17) is 0 Å². The molecule has 0 fully saturated rings. The van der Waals surface area contributed by atoms with Crippen molar-refractivity contribution in [1.29, 1.82) is 0 Å². The number of rotatable bonds is 11. The van der Waals surface area contributed by atoms with Crippen LogP contribution in [0, 0.1) is 0 Å². The second-order valence-corrected chi connectivity index (χ2v) is 8.37. The van der Waals surface area contributed by atoms with Gasteiger partial charge < -0.3 is 10.1 Å². The van der Waals surface area contributed by atoms with Gasteiger partial charge in [0.1, 0.15) is 5.75 Å². The molecule has 0 unspecified atom stereocenters. The Morgan fingerprint density at radius 3 is 2.27 bits per heavy atom. The van der Waals surface area contributed by atoms with Crippen molar-refractivity contribution in [2.24, 2.45) is 0 Å². The predicted molar refractivity (Wildman–Crippen MR) is 111 cm³/mol. The Morgan fingerprint density at radius 1 is 1.10 bits per heavy atom. The Balaban J connectivity index is 2.20. The molecular weight excluding hydrogens is 417 g/mol. The van der Waals surface area contributed by atoms with Crippen LogP contribution in [0.15, 0.2) is 66.1 Å². The predicted octanol–water partition coefficient (Wildman–Crippen LogP) is 4.51. The lowest BCUT2D eigenvalue weighted by Crippen LogP contribution is -2.31. The van der Waals surface area contributed by atoms with Crippen molar-refractivity contribution < 1.29 is 26.3 Å². The number of nitrogens with zero attached hydrogens (tertiary/aromatic N) is 1. The standard InChI is InChI=1S/C21H25F3N2O3S/c1-3-14-25-15-13-17-5-7-18(8-6-17)26(16-4-2)30(27,28)20-11-9-19(10-12-20)29-21(22,23)24/h3,5-12,25H,1,4,13-16H2,2H3. The molecule has 0 heterocycles. The van der Waals surface area contributed by atoms with Crippen molar-refractivity contribution in [3.63, 3.8) is 0 Å². The van der Waals surface area contributed by atoms with Gasteiger partial charge >= 0.3 is 6.36 Å². The fourth-order valence-electron chi connectivity index (χ4n) is 2.80. The zero-order chi connectivity index (χ0) is 22.2. The SMILES string of the molecule is C=CCNCCc1ccc(N(CCC)S(=O)(=O)c2ccc(OC(F)(F)F)cc2)cc1. The number of ether oxygens (including phenoxy) is 1. The fraction of sp³-hybridized carbons (Fsp3) is 0.333. The highest BCUT2D eigenvalue weighted by molar-refractivity contribution is 7.92. The van der Waals surface area contributed by atoms with Crippen LogP contribution in [-0.4, -0.2) is 34.4 Å². The van der Waals surface area contributed by atoms with Crippen LogP contribution in [0.4, 0.5) is 18.9 Å². The molecule has 0 aromatic heterocycles. The number of hydrogen-bond acceptors (Lipinski definition) is 4. The van der Waals surface area contributed by atoms with Crippen LogP contribution in [0.2, 0.25) is 0 Å². The second-order valence-electron chi connectivity index (χ2n) is 6.51. The maximum absolute atomic E-state index is 13.1. The summed E-state index contributed by atoms with van der Waals surface area (Å²) < 4.78 is 68.2. The first-order valence-corrected chi connectivity index (χ1v) is 10.9. The van der Waals surface area contributed by atoms with Gasteiger partial charge in [0, 0.05) is 13.1 Å². The molecule has 5 nitrogen and oxygen atoms in total. The van der Waals surface area contributed by atoms with Crippen molar-refractivity contribution >= 4 is 15.7 Å². The Bertz CT molecular complexity index is 912. The first-order valence-electron chi connectivity index (χ1n) is 9.46. The van der Waals surface area contributed by atoms with Gasteiger partial charge in [-0.3, -0.25) is 4.31 Å². The number of alkyl halides is 3. The lowest BCUT2D eigenvalue weighted by atomic mass is 10.1. The number of hydrogen-bond donors (Lipinski definition) is 1. The molecule has 1 N–H and O–H groups in total. The average Bonchev–Trinajstić information content (AvgIpc) is 2.69. The summed E-state index contributed by atoms with van der Waals surface area (Å²) in [5.74, 6) is -0.474. The highest BCUT2D eigenvalue weighted by Gasteiger charge is 2.31. The molecule has 30 heavy (non-hydrogen) atoms. The van der Waals surface area contributed by atoms with Gasteiger partial charge in [-0.05, 0) is 61.3 Å². The molecular formula is C21H25F3N2O3S. The maximum Gasteiger partial charge on any atom is 0.573 e. The smallest absolute Gasteiger partial charge is 0.406 e. The van der Waals surface area contributed by atoms with E-state index in [1.807, 2.05) is 19.1 Å². The summed E-state index contributed by atoms with van der Waals surface area (Å²) in [6, 6.07) is 11.4. The molecule has 2 aromatic carbocycles. The van der Waals surface area contributed by atoms with Gasteiger partial charge in [-0.15, -0.1) is 19.8 Å². The summed E-state index contributed by atoms with van der Waals surface area (Å²) in [4.78, 5) is -0.108. The monoisotopic (exact) mass is 442 g/mol. The van der Waals surface area contributed by atoms with Crippen LogP contribution in [0.1, 0.15) is 18.9 Å². The minimum atomic E-state index is -4.84. The minimum absolute atomic E-state index is 0.108. The molecule has 0 amide bonds. The van der Waals surface area contributed by atoms with Crippen molar-refractivity contribution in [2.75, 3.05) is 23.9 Å². The van der Waals surface area contributed by atoms with Crippen molar-refractivity contribution in [3.05, 3.63) is 66.7 Å². The molecule has 0 spiro atoms. The molecule has 0 bridgehead atoms. The molecule has 2 rings (SSSR count). The molecule has 0 aliphatic rings. The van der Waals surface area contributed by atoms with Gasteiger partial charge in [-0.2, -0.15) is 0 Å². The summed E-state index contributed by atoms with van der Waals surface area (Å²) in [5.41, 5.74) is 1.55. The lowest BCUT2D eigenvalue weighted by Gasteiger charge is -2.24. The summed E-state index contributed by atoms with van der Waals surface area (Å²) in [6.07, 6.45) is -1.70. The van der Waals surface area contributed by atoms with Gasteiger partial charge in [-0.25, -0.2) is 8.42 Å². The van der Waals surface area contributed by atoms with E-state index in [0.717, 1.165) is 42.8 Å². The Kier molecular flexibility index (Phi) is 8.31. The van der Waals surface area contributed by atoms with Gasteiger partial charge in [-0.1, -0.05) is 25.1 Å². The third-order valence-electron chi connectivity index (χ3n) is 4.18. The van der Waals surface area contributed by atoms with Gasteiger partial charge in [0.2, 0.25) is 0 Å². The number of halogens is 3. The van der Waals surface area contributed by atoms with Crippen LogP contribution in [0.3, 0.4) is 0 Å². The first-order chi connectivity index (χ1) is 14.2. The van der Waals surface area contributed by atoms with Crippen LogP contribution < -0.4 is 14.4 Å². The van der Waals surface area contributed by atoms with Crippen LogP contribution in [0.25, 0.3) is 0 Å². The molecule has 0 saturated heterocycles. The third kappa shape index (κ3) is 6.77. The van der Waals surface area contributed by atoms with E-state index in [2.05, 4.69) is 16.6 Å². The van der Waals surface area contributed by atoms with Crippen molar-refractivity contribution in [3.8, 4) is 5.75 Å². The van der Waals surface area contributed by atoms with E-state index in [9.17, 15) is 21.6 Å². The van der Waals surface area contributed by atoms with Gasteiger partial charge in [0.05, 0.1) is 10.6 Å². The van der Waals surface area contributed by atoms with E-state index in [1.54, 1.807) is 18.2 Å². The summed E-state index contributed by atoms with van der Waals surface area (Å²) in [7, 11) is -3.94. The van der Waals surface area contributed by atoms with E-state index >= 15 is 0 Å². The minimum Gasteiger partial charge on any atom is -0.406 e. The first kappa shape index (κ1) is 23.8. The fourth-order valence-corrected chi connectivity index (χ4v) is 4.35. The molecule has 0 atom stereocenters. The second kappa shape index (κ2) is 10.5. The lowest BCUT2D eigenvalue weighted by molar-refractivity contribution is -0.274. The highest BCUT2D eigenvalue weighted by Crippen LogP contribution is 2.28. The number of benzene rings is 2. The normalized spacial score (nSPS) is 11.9. The molecule has 9 heteroatoms. The molecule has 0 aliphatic carbocycles. The van der Waals surface area contributed by atoms with E-state index < -0.39 is 22.1 Å². The average molecular weight is 443 g/mol. The van der Waals surface area contributed by atoms with Crippen LogP contribution >= 0.6 is 0 Å².